The highest BCUT2D eigenvalue weighted by atomic mass is 16.6. The average Bonchev–Trinajstić information content (AvgIpc) is 3.40. The number of anilines is 3. The zero-order chi connectivity index (χ0) is 26.5. The largest absolute Gasteiger partial charge is 0.443 e. The topological polar surface area (TPSA) is 141 Å². The van der Waals surface area contributed by atoms with Crippen LogP contribution in [0, 0.1) is 0 Å². The molecule has 13 heteroatoms. The van der Waals surface area contributed by atoms with Gasteiger partial charge in [0.2, 0.25) is 0 Å². The van der Waals surface area contributed by atoms with E-state index in [0.29, 0.717) is 36.1 Å². The molecule has 0 radical (unpaired) electrons. The number of hydrogen-bond acceptors (Lipinski definition) is 9. The minimum Gasteiger partial charge on any atom is -0.443 e. The van der Waals surface area contributed by atoms with Crippen molar-refractivity contribution in [2.75, 3.05) is 23.9 Å². The number of nitrogens with one attached hydrogen (secondary N) is 2. The molecule has 0 unspecified atom stereocenters. The molecule has 3 aromatic heterocycles. The van der Waals surface area contributed by atoms with Crippen LogP contribution in [0.4, 0.5) is 22.1 Å². The third-order valence-electron chi connectivity index (χ3n) is 5.76. The zero-order valence-corrected chi connectivity index (χ0v) is 21.6. The summed E-state index contributed by atoms with van der Waals surface area (Å²) in [7, 11) is 3.39. The number of ether oxygens (including phenoxy) is 2. The Labute approximate surface area is 212 Å². The quantitative estimate of drug-likeness (QED) is 0.398. The second-order valence-corrected chi connectivity index (χ2v) is 10.1. The summed E-state index contributed by atoms with van der Waals surface area (Å²) in [6, 6.07) is 5.28. The van der Waals surface area contributed by atoms with E-state index in [1.54, 1.807) is 38.6 Å². The lowest BCUT2D eigenvalue weighted by Crippen LogP contribution is -2.36. The van der Waals surface area contributed by atoms with Crippen molar-refractivity contribution >= 4 is 46.0 Å². The van der Waals surface area contributed by atoms with E-state index >= 15 is 0 Å². The molecule has 5 rings (SSSR count). The molecule has 0 aliphatic carbocycles. The van der Waals surface area contributed by atoms with Gasteiger partial charge in [0.1, 0.15) is 28.3 Å². The number of carbonyl (C=O) groups is 2. The maximum atomic E-state index is 13.1. The summed E-state index contributed by atoms with van der Waals surface area (Å²) in [5, 5.41) is 19.0. The molecule has 1 aliphatic heterocycles. The highest BCUT2D eigenvalue weighted by molar-refractivity contribution is 6.01. The fraction of sp³-hybridized carbons (Fsp3) is 0.417. The van der Waals surface area contributed by atoms with Crippen LogP contribution < -0.4 is 15.5 Å². The number of amides is 2. The normalized spacial score (nSPS) is 16.4. The maximum absolute atomic E-state index is 13.1. The smallest absolute Gasteiger partial charge is 0.415 e. The fourth-order valence-corrected chi connectivity index (χ4v) is 4.04. The minimum atomic E-state index is -0.697. The van der Waals surface area contributed by atoms with E-state index < -0.39 is 11.7 Å². The minimum absolute atomic E-state index is 0.254. The van der Waals surface area contributed by atoms with Crippen molar-refractivity contribution < 1.29 is 19.1 Å². The van der Waals surface area contributed by atoms with Crippen molar-refractivity contribution in [2.24, 2.45) is 7.05 Å². The Morgan fingerprint density at radius 3 is 2.81 bits per heavy atom. The molecule has 0 saturated heterocycles. The molecular weight excluding hydrogens is 478 g/mol. The van der Waals surface area contributed by atoms with Gasteiger partial charge in [-0.1, -0.05) is 5.21 Å². The van der Waals surface area contributed by atoms with E-state index in [4.69, 9.17) is 9.47 Å². The van der Waals surface area contributed by atoms with E-state index in [9.17, 15) is 9.59 Å². The zero-order valence-electron chi connectivity index (χ0n) is 21.6. The van der Waals surface area contributed by atoms with Crippen molar-refractivity contribution in [1.29, 1.82) is 0 Å². The van der Waals surface area contributed by atoms with Gasteiger partial charge in [-0.05, 0) is 45.4 Å². The highest BCUT2D eigenvalue weighted by Crippen LogP contribution is 2.29. The van der Waals surface area contributed by atoms with E-state index in [2.05, 4.69) is 31.0 Å². The van der Waals surface area contributed by atoms with Gasteiger partial charge >= 0.3 is 6.09 Å². The molecule has 0 saturated carbocycles. The molecule has 4 bridgehead atoms. The van der Waals surface area contributed by atoms with E-state index in [1.165, 1.54) is 15.6 Å². The van der Waals surface area contributed by atoms with Crippen LogP contribution in [0.25, 0.3) is 16.7 Å². The standard InChI is InChI=1S/C24H29N9O4/c1-13-11-36-12-14-7-16(20-17(8-14)32(6)30-29-20)27-18-9-19(31(5)23(35)37-24(2,3)4)33-21(28-18)15(10-25-33)22(34)26-13/h7-10,13H,11-12H2,1-6H3,(H,26,34)(H,27,28)/t13-/m1/s1. The van der Waals surface area contributed by atoms with E-state index in [1.807, 2.05) is 26.1 Å². The molecule has 2 amide bonds. The molecule has 2 N–H and O–H groups in total. The summed E-state index contributed by atoms with van der Waals surface area (Å²) in [5.74, 6) is 0.381. The number of rotatable bonds is 1. The summed E-state index contributed by atoms with van der Waals surface area (Å²) in [5.41, 5.74) is 2.83. The summed E-state index contributed by atoms with van der Waals surface area (Å²) >= 11 is 0. The number of hydrogen-bond donors (Lipinski definition) is 2. The van der Waals surface area contributed by atoms with Crippen LogP contribution in [0.2, 0.25) is 0 Å². The lowest BCUT2D eigenvalue weighted by atomic mass is 10.1. The Morgan fingerprint density at radius 2 is 2.05 bits per heavy atom. The second-order valence-electron chi connectivity index (χ2n) is 10.1. The lowest BCUT2D eigenvalue weighted by molar-refractivity contribution is 0.0587. The lowest BCUT2D eigenvalue weighted by Gasteiger charge is -2.25. The van der Waals surface area contributed by atoms with Crippen molar-refractivity contribution in [3.8, 4) is 0 Å². The van der Waals surface area contributed by atoms with Crippen LogP contribution >= 0.6 is 0 Å². The van der Waals surface area contributed by atoms with Crippen molar-refractivity contribution in [3.05, 3.63) is 35.5 Å². The Kier molecular flexibility index (Phi) is 5.94. The predicted octanol–water partition coefficient (Wildman–Crippen LogP) is 2.77. The van der Waals surface area contributed by atoms with E-state index in [-0.39, 0.29) is 23.2 Å². The predicted molar refractivity (Wildman–Crippen MR) is 136 cm³/mol. The number of benzene rings is 1. The molecule has 194 valence electrons. The van der Waals surface area contributed by atoms with Crippen molar-refractivity contribution in [3.63, 3.8) is 0 Å². The van der Waals surface area contributed by atoms with Crippen LogP contribution in [0.15, 0.2) is 24.4 Å². The second kappa shape index (κ2) is 9.00. The molecule has 1 atom stereocenters. The van der Waals surface area contributed by atoms with Gasteiger partial charge in [-0.25, -0.2) is 14.5 Å². The van der Waals surface area contributed by atoms with Crippen molar-refractivity contribution in [1.82, 2.24) is 34.9 Å². The molecule has 0 fully saturated rings. The van der Waals surface area contributed by atoms with Gasteiger partial charge in [-0.3, -0.25) is 9.69 Å². The number of fused-ring (bicyclic) bond motifs is 5. The third kappa shape index (κ3) is 4.77. The Balaban J connectivity index is 1.69. The molecule has 4 heterocycles. The van der Waals surface area contributed by atoms with Crippen LogP contribution in [0.5, 0.6) is 0 Å². The Morgan fingerprint density at radius 1 is 1.27 bits per heavy atom. The molecule has 4 aromatic rings. The van der Waals surface area contributed by atoms with Gasteiger partial charge in [0.05, 0.1) is 30.6 Å². The summed E-state index contributed by atoms with van der Waals surface area (Å²) in [4.78, 5) is 32.1. The SMILES string of the molecule is C[C@@H]1COCc2cc(c3nnn(C)c3c2)Nc2cc(N(C)C(=O)OC(C)(C)C)n3ncc(c3n2)C(=O)N1. The monoisotopic (exact) mass is 507 g/mol. The molecule has 1 aliphatic rings. The first kappa shape index (κ1) is 24.4. The summed E-state index contributed by atoms with van der Waals surface area (Å²) in [6.45, 7) is 7.86. The first-order valence-corrected chi connectivity index (χ1v) is 11.8. The van der Waals surface area contributed by atoms with Gasteiger partial charge in [-0.15, -0.1) is 5.10 Å². The molecule has 1 aromatic carbocycles. The average molecular weight is 508 g/mol. The molecular formula is C24H29N9O4. The Bertz CT molecular complexity index is 1520. The van der Waals surface area contributed by atoms with Gasteiger partial charge in [0.15, 0.2) is 5.65 Å². The highest BCUT2D eigenvalue weighted by Gasteiger charge is 2.26. The number of carbonyl (C=O) groups excluding carboxylic acids is 2. The fourth-order valence-electron chi connectivity index (χ4n) is 4.04. The van der Waals surface area contributed by atoms with Crippen LogP contribution in [-0.2, 0) is 23.1 Å². The molecule has 37 heavy (non-hydrogen) atoms. The number of aryl methyl sites for hydroxylation is 1. The third-order valence-corrected chi connectivity index (χ3v) is 5.76. The van der Waals surface area contributed by atoms with Gasteiger partial charge in [0.25, 0.3) is 5.91 Å². The number of aromatic nitrogens is 6. The summed E-state index contributed by atoms with van der Waals surface area (Å²) < 4.78 is 14.6. The van der Waals surface area contributed by atoms with Crippen LogP contribution in [0.3, 0.4) is 0 Å². The van der Waals surface area contributed by atoms with Gasteiger partial charge in [0, 0.05) is 26.2 Å². The van der Waals surface area contributed by atoms with Gasteiger partial charge < -0.3 is 20.1 Å². The Hall–Kier alpha value is -4.26. The van der Waals surface area contributed by atoms with Crippen LogP contribution in [0.1, 0.15) is 43.6 Å². The molecule has 13 nitrogen and oxygen atoms in total. The first-order valence-electron chi connectivity index (χ1n) is 11.8. The van der Waals surface area contributed by atoms with Crippen LogP contribution in [-0.4, -0.2) is 66.9 Å². The number of nitrogens with zero attached hydrogens (tertiary/aromatic N) is 7. The van der Waals surface area contributed by atoms with E-state index in [0.717, 1.165) is 11.1 Å². The first-order chi connectivity index (χ1) is 17.5. The summed E-state index contributed by atoms with van der Waals surface area (Å²) in [6.07, 6.45) is 0.848. The van der Waals surface area contributed by atoms with Crippen molar-refractivity contribution in [2.45, 2.75) is 45.9 Å². The maximum Gasteiger partial charge on any atom is 0.415 e. The molecule has 0 spiro atoms. The van der Waals surface area contributed by atoms with Gasteiger partial charge in [-0.2, -0.15) is 9.61 Å².